The van der Waals surface area contributed by atoms with Crippen molar-refractivity contribution in [2.45, 2.75) is 0 Å². The molecule has 0 aliphatic rings. The Kier molecular flexibility index (Phi) is 3.48. The van der Waals surface area contributed by atoms with E-state index >= 15 is 0 Å². The Balaban J connectivity index is 1.83. The van der Waals surface area contributed by atoms with Gasteiger partial charge in [-0.1, -0.05) is 17.5 Å². The predicted molar refractivity (Wildman–Crippen MR) is 89.2 cm³/mol. The third kappa shape index (κ3) is 2.62. The molecule has 4 aromatic rings. The van der Waals surface area contributed by atoms with Crippen molar-refractivity contribution in [2.75, 3.05) is 0 Å². The van der Waals surface area contributed by atoms with Gasteiger partial charge in [-0.3, -0.25) is 4.57 Å². The number of hydrogen-bond acceptors (Lipinski definition) is 7. The van der Waals surface area contributed by atoms with E-state index in [4.69, 9.17) is 22.4 Å². The first kappa shape index (κ1) is 15.0. The maximum atomic E-state index is 12.1. The zero-order valence-electron chi connectivity index (χ0n) is 12.4. The average Bonchev–Trinajstić information content (AvgIpc) is 3.16. The zero-order valence-corrected chi connectivity index (χ0v) is 13.2. The summed E-state index contributed by atoms with van der Waals surface area (Å²) < 4.78 is 6.86. The van der Waals surface area contributed by atoms with Gasteiger partial charge in [0, 0.05) is 12.4 Å². The van der Waals surface area contributed by atoms with E-state index in [2.05, 4.69) is 31.1 Å². The Bertz CT molecular complexity index is 1180. The van der Waals surface area contributed by atoms with E-state index in [0.29, 0.717) is 17.1 Å². The first-order valence-electron chi connectivity index (χ1n) is 6.96. The highest BCUT2D eigenvalue weighted by atomic mass is 35.5. The number of aromatic nitrogens is 6. The molecule has 4 heterocycles. The number of terminal acetylenes is 1. The Labute approximate surface area is 145 Å². The van der Waals surface area contributed by atoms with Crippen molar-refractivity contribution < 1.29 is 4.42 Å². The van der Waals surface area contributed by atoms with Crippen molar-refractivity contribution >= 4 is 22.6 Å². The van der Waals surface area contributed by atoms with Crippen LogP contribution in [0.1, 0.15) is 5.56 Å². The maximum absolute atomic E-state index is 12.1. The Morgan fingerprint density at radius 3 is 2.80 bits per heavy atom. The minimum absolute atomic E-state index is 0.00394. The van der Waals surface area contributed by atoms with Crippen LogP contribution >= 0.6 is 11.6 Å². The monoisotopic (exact) mass is 350 g/mol. The molecule has 0 aliphatic carbocycles. The molecular weight excluding hydrogens is 344 g/mol. The van der Waals surface area contributed by atoms with Crippen molar-refractivity contribution in [2.24, 2.45) is 0 Å². The molecule has 0 atom stereocenters. The second-order valence-electron chi connectivity index (χ2n) is 4.89. The Hall–Kier alpha value is -3.57. The van der Waals surface area contributed by atoms with Crippen molar-refractivity contribution in [1.82, 2.24) is 29.7 Å². The lowest BCUT2D eigenvalue weighted by molar-refractivity contribution is 0.513. The summed E-state index contributed by atoms with van der Waals surface area (Å²) in [5.41, 5.74) is 0.200. The van der Waals surface area contributed by atoms with Gasteiger partial charge >= 0.3 is 5.63 Å². The normalized spacial score (nSPS) is 10.7. The largest absolute Gasteiger partial charge is 0.400 e. The number of imidazole rings is 1. The van der Waals surface area contributed by atoms with Gasteiger partial charge in [-0.15, -0.1) is 16.6 Å². The summed E-state index contributed by atoms with van der Waals surface area (Å²) in [5, 5.41) is 8.13. The van der Waals surface area contributed by atoms with Crippen LogP contribution in [0.2, 0.25) is 5.15 Å². The van der Waals surface area contributed by atoms with Crippen LogP contribution in [0.3, 0.4) is 0 Å². The quantitative estimate of drug-likeness (QED) is 0.402. The van der Waals surface area contributed by atoms with Gasteiger partial charge in [-0.05, 0) is 18.2 Å². The molecule has 0 saturated carbocycles. The third-order valence-electron chi connectivity index (χ3n) is 3.35. The maximum Gasteiger partial charge on any atom is 0.366 e. The first-order valence-corrected chi connectivity index (χ1v) is 7.34. The molecule has 0 unspecified atom stereocenters. The van der Waals surface area contributed by atoms with Crippen molar-refractivity contribution in [3.63, 3.8) is 0 Å². The summed E-state index contributed by atoms with van der Waals surface area (Å²) in [7, 11) is 0. The smallest absolute Gasteiger partial charge is 0.366 e. The minimum atomic E-state index is -0.689. The Morgan fingerprint density at radius 1 is 1.24 bits per heavy atom. The van der Waals surface area contributed by atoms with Crippen LogP contribution in [0, 0.1) is 12.3 Å². The second kappa shape index (κ2) is 5.81. The molecule has 0 radical (unpaired) electrons. The van der Waals surface area contributed by atoms with Gasteiger partial charge in [0.05, 0.1) is 5.56 Å². The van der Waals surface area contributed by atoms with Crippen LogP contribution in [-0.2, 0) is 0 Å². The zero-order chi connectivity index (χ0) is 17.4. The number of hydrogen-bond donors (Lipinski definition) is 0. The van der Waals surface area contributed by atoms with Crippen LogP contribution in [-0.4, -0.2) is 29.7 Å². The lowest BCUT2D eigenvalue weighted by Gasteiger charge is -2.03. The summed E-state index contributed by atoms with van der Waals surface area (Å²) in [5.74, 6) is 2.96. The molecule has 0 bridgehead atoms. The van der Waals surface area contributed by atoms with Gasteiger partial charge in [-0.2, -0.15) is 0 Å². The van der Waals surface area contributed by atoms with Crippen LogP contribution < -0.4 is 5.63 Å². The molecule has 0 spiro atoms. The number of nitrogens with zero attached hydrogens (tertiary/aromatic N) is 6. The number of fused-ring (bicyclic) bond motifs is 1. The molecule has 0 N–H and O–H groups in total. The summed E-state index contributed by atoms with van der Waals surface area (Å²) in [6, 6.07) is 4.83. The van der Waals surface area contributed by atoms with E-state index in [1.807, 2.05) is 0 Å². The fourth-order valence-corrected chi connectivity index (χ4v) is 2.36. The van der Waals surface area contributed by atoms with E-state index in [9.17, 15) is 4.79 Å². The third-order valence-corrected chi connectivity index (χ3v) is 3.64. The summed E-state index contributed by atoms with van der Waals surface area (Å²) in [6.45, 7) is 0. The van der Waals surface area contributed by atoms with Crippen molar-refractivity contribution in [3.05, 3.63) is 58.1 Å². The molecule has 0 aliphatic heterocycles. The average molecular weight is 351 g/mol. The van der Waals surface area contributed by atoms with Gasteiger partial charge in [0.25, 0.3) is 5.89 Å². The molecular formula is C16H7ClN6O2. The lowest BCUT2D eigenvalue weighted by atomic mass is 10.2. The van der Waals surface area contributed by atoms with Crippen LogP contribution in [0.4, 0.5) is 0 Å². The molecule has 25 heavy (non-hydrogen) atoms. The van der Waals surface area contributed by atoms with E-state index < -0.39 is 5.63 Å². The van der Waals surface area contributed by atoms with Gasteiger partial charge in [-0.25, -0.2) is 19.7 Å². The predicted octanol–water partition coefficient (Wildman–Crippen LogP) is 1.86. The van der Waals surface area contributed by atoms with Crippen LogP contribution in [0.25, 0.3) is 28.4 Å². The molecule has 0 amide bonds. The van der Waals surface area contributed by atoms with E-state index in [-0.39, 0.29) is 22.1 Å². The molecule has 4 rings (SSSR count). The fraction of sp³-hybridized carbons (Fsp3) is 0. The molecule has 0 saturated heterocycles. The van der Waals surface area contributed by atoms with Crippen LogP contribution in [0.15, 0.2) is 46.1 Å². The minimum Gasteiger partial charge on any atom is -0.400 e. The summed E-state index contributed by atoms with van der Waals surface area (Å²) >= 11 is 5.91. The van der Waals surface area contributed by atoms with E-state index in [1.54, 1.807) is 35.4 Å². The molecule has 8 nitrogen and oxygen atoms in total. The molecule has 9 heteroatoms. The highest BCUT2D eigenvalue weighted by Gasteiger charge is 2.14. The lowest BCUT2D eigenvalue weighted by Crippen LogP contribution is -2.07. The SMILES string of the molecule is C#Cc1cc2nc(-c3ccc(-n4ccnc4)nn3)oc(=O)c2nc1Cl. The van der Waals surface area contributed by atoms with Gasteiger partial charge in [0.1, 0.15) is 22.7 Å². The number of halogens is 1. The van der Waals surface area contributed by atoms with Gasteiger partial charge < -0.3 is 4.42 Å². The molecule has 0 aromatic carbocycles. The Morgan fingerprint density at radius 2 is 2.12 bits per heavy atom. The highest BCUT2D eigenvalue weighted by Crippen LogP contribution is 2.20. The summed E-state index contributed by atoms with van der Waals surface area (Å²) in [4.78, 5) is 24.3. The fourth-order valence-electron chi connectivity index (χ4n) is 2.17. The number of rotatable bonds is 2. The van der Waals surface area contributed by atoms with E-state index in [1.165, 1.54) is 6.07 Å². The molecule has 0 fully saturated rings. The van der Waals surface area contributed by atoms with Crippen molar-refractivity contribution in [1.29, 1.82) is 0 Å². The van der Waals surface area contributed by atoms with Crippen LogP contribution in [0.5, 0.6) is 0 Å². The van der Waals surface area contributed by atoms with Gasteiger partial charge in [0.2, 0.25) is 0 Å². The van der Waals surface area contributed by atoms with E-state index in [0.717, 1.165) is 0 Å². The highest BCUT2D eigenvalue weighted by molar-refractivity contribution is 6.31. The standard InChI is InChI=1S/C16H7ClN6O2/c1-2-9-7-11-13(20-14(9)17)16(24)25-15(19-11)10-3-4-12(22-21-10)23-6-5-18-8-23/h1,3-8H. The second-order valence-corrected chi connectivity index (χ2v) is 5.25. The molecule has 120 valence electrons. The summed E-state index contributed by atoms with van der Waals surface area (Å²) in [6.07, 6.45) is 10.3. The molecule has 4 aromatic heterocycles. The van der Waals surface area contributed by atoms with Gasteiger partial charge in [0.15, 0.2) is 11.3 Å². The number of pyridine rings is 1. The topological polar surface area (TPSA) is 99.6 Å². The first-order chi connectivity index (χ1) is 12.2. The van der Waals surface area contributed by atoms with Crippen molar-refractivity contribution in [3.8, 4) is 29.7 Å².